The predicted octanol–water partition coefficient (Wildman–Crippen LogP) is 1.60. The summed E-state index contributed by atoms with van der Waals surface area (Å²) in [6.45, 7) is 7.80. The molecule has 23 heavy (non-hydrogen) atoms. The maximum atomic E-state index is 12.2. The average molecular weight is 319 g/mol. The first-order chi connectivity index (χ1) is 11.0. The van der Waals surface area contributed by atoms with E-state index in [-0.39, 0.29) is 18.0 Å². The van der Waals surface area contributed by atoms with E-state index in [1.165, 1.54) is 0 Å². The first-order valence-corrected chi connectivity index (χ1v) is 7.98. The van der Waals surface area contributed by atoms with Crippen LogP contribution in [0.5, 0.6) is 5.75 Å². The van der Waals surface area contributed by atoms with Crippen LogP contribution in [0.3, 0.4) is 0 Å². The van der Waals surface area contributed by atoms with Gasteiger partial charge in [-0.15, -0.1) is 0 Å². The second kappa shape index (κ2) is 7.85. The Morgan fingerprint density at radius 1 is 1.35 bits per heavy atom. The highest BCUT2D eigenvalue weighted by molar-refractivity contribution is 5.79. The Morgan fingerprint density at radius 3 is 2.74 bits per heavy atom. The molecular weight excluding hydrogens is 294 g/mol. The lowest BCUT2D eigenvalue weighted by Gasteiger charge is -2.23. The summed E-state index contributed by atoms with van der Waals surface area (Å²) < 4.78 is 5.86. The number of rotatable bonds is 4. The molecule has 0 aromatic heterocycles. The Balaban J connectivity index is 1.83. The van der Waals surface area contributed by atoms with Crippen molar-refractivity contribution in [2.75, 3.05) is 26.2 Å². The van der Waals surface area contributed by atoms with Crippen molar-refractivity contribution in [1.29, 1.82) is 0 Å². The van der Waals surface area contributed by atoms with Crippen molar-refractivity contribution in [2.24, 2.45) is 0 Å². The summed E-state index contributed by atoms with van der Waals surface area (Å²) in [5, 5.41) is 5.68. The lowest BCUT2D eigenvalue weighted by Crippen LogP contribution is -2.46. The largest absolute Gasteiger partial charge is 0.491 e. The van der Waals surface area contributed by atoms with Crippen LogP contribution in [0.2, 0.25) is 0 Å². The van der Waals surface area contributed by atoms with E-state index in [2.05, 4.69) is 10.6 Å². The third-order valence-corrected chi connectivity index (χ3v) is 3.86. The number of nitrogens with zero attached hydrogens (tertiary/aromatic N) is 1. The minimum atomic E-state index is -0.154. The molecule has 1 fully saturated rings. The van der Waals surface area contributed by atoms with Crippen LogP contribution < -0.4 is 15.4 Å². The molecule has 1 aromatic carbocycles. The highest BCUT2D eigenvalue weighted by Gasteiger charge is 2.19. The fourth-order valence-electron chi connectivity index (χ4n) is 2.55. The maximum absolute atomic E-state index is 12.2. The van der Waals surface area contributed by atoms with Crippen LogP contribution in [0.1, 0.15) is 24.5 Å². The minimum absolute atomic E-state index is 0.00768. The molecule has 3 amide bonds. The molecule has 1 atom stereocenters. The Bertz CT molecular complexity index is 554. The molecule has 1 aromatic rings. The summed E-state index contributed by atoms with van der Waals surface area (Å²) in [6, 6.07) is 5.74. The highest BCUT2D eigenvalue weighted by Crippen LogP contribution is 2.22. The van der Waals surface area contributed by atoms with Gasteiger partial charge in [-0.05, 0) is 31.9 Å². The third-order valence-electron chi connectivity index (χ3n) is 3.86. The summed E-state index contributed by atoms with van der Waals surface area (Å²) >= 11 is 0. The van der Waals surface area contributed by atoms with Crippen LogP contribution in [0.4, 0.5) is 4.79 Å². The van der Waals surface area contributed by atoms with Gasteiger partial charge in [0.2, 0.25) is 5.91 Å². The van der Waals surface area contributed by atoms with E-state index in [0.717, 1.165) is 16.9 Å². The fourth-order valence-corrected chi connectivity index (χ4v) is 2.55. The standard InChI is InChI=1S/C17H25N3O3/c1-12-5-4-6-13(2)16(12)23-11-14(3)19-17(22)20-9-7-15(21)18-8-10-20/h4-6,14H,7-11H2,1-3H3,(H,18,21)(H,19,22)/t14-/m0/s1. The molecule has 0 saturated carbocycles. The lowest BCUT2D eigenvalue weighted by molar-refractivity contribution is -0.120. The molecule has 0 unspecified atom stereocenters. The molecule has 6 nitrogen and oxygen atoms in total. The van der Waals surface area contributed by atoms with Crippen molar-refractivity contribution in [3.8, 4) is 5.75 Å². The van der Waals surface area contributed by atoms with Gasteiger partial charge in [-0.3, -0.25) is 4.79 Å². The number of nitrogens with one attached hydrogen (secondary N) is 2. The van der Waals surface area contributed by atoms with Crippen LogP contribution in [0, 0.1) is 13.8 Å². The van der Waals surface area contributed by atoms with Crippen molar-refractivity contribution in [3.05, 3.63) is 29.3 Å². The topological polar surface area (TPSA) is 70.7 Å². The predicted molar refractivity (Wildman–Crippen MR) is 88.6 cm³/mol. The lowest BCUT2D eigenvalue weighted by atomic mass is 10.1. The van der Waals surface area contributed by atoms with Gasteiger partial charge in [-0.2, -0.15) is 0 Å². The van der Waals surface area contributed by atoms with Crippen LogP contribution in [-0.4, -0.2) is 49.1 Å². The highest BCUT2D eigenvalue weighted by atomic mass is 16.5. The van der Waals surface area contributed by atoms with E-state index in [9.17, 15) is 9.59 Å². The summed E-state index contributed by atoms with van der Waals surface area (Å²) in [6.07, 6.45) is 0.348. The number of ether oxygens (including phenoxy) is 1. The van der Waals surface area contributed by atoms with Gasteiger partial charge >= 0.3 is 6.03 Å². The van der Waals surface area contributed by atoms with E-state index in [0.29, 0.717) is 32.7 Å². The molecule has 6 heteroatoms. The molecule has 1 aliphatic heterocycles. The molecule has 126 valence electrons. The Morgan fingerprint density at radius 2 is 2.04 bits per heavy atom. The second-order valence-electron chi connectivity index (χ2n) is 5.97. The van der Waals surface area contributed by atoms with Gasteiger partial charge in [-0.25, -0.2) is 4.79 Å². The van der Waals surface area contributed by atoms with Crippen LogP contribution in [-0.2, 0) is 4.79 Å². The average Bonchev–Trinajstić information content (AvgIpc) is 2.71. The molecular formula is C17H25N3O3. The van der Waals surface area contributed by atoms with Gasteiger partial charge in [0.1, 0.15) is 12.4 Å². The zero-order chi connectivity index (χ0) is 16.8. The minimum Gasteiger partial charge on any atom is -0.491 e. The van der Waals surface area contributed by atoms with Crippen LogP contribution in [0.25, 0.3) is 0 Å². The van der Waals surface area contributed by atoms with Crippen LogP contribution >= 0.6 is 0 Å². The fraction of sp³-hybridized carbons (Fsp3) is 0.529. The van der Waals surface area contributed by atoms with Gasteiger partial charge in [-0.1, -0.05) is 18.2 Å². The van der Waals surface area contributed by atoms with Crippen molar-refractivity contribution < 1.29 is 14.3 Å². The molecule has 0 bridgehead atoms. The molecule has 0 aliphatic carbocycles. The molecule has 2 rings (SSSR count). The van der Waals surface area contributed by atoms with E-state index in [1.54, 1.807) is 4.90 Å². The summed E-state index contributed by atoms with van der Waals surface area (Å²) in [4.78, 5) is 25.2. The number of hydrogen-bond acceptors (Lipinski definition) is 3. The van der Waals surface area contributed by atoms with Gasteiger partial charge < -0.3 is 20.3 Å². The number of hydrogen-bond donors (Lipinski definition) is 2. The van der Waals surface area contributed by atoms with Gasteiger partial charge in [0.25, 0.3) is 0 Å². The molecule has 1 heterocycles. The number of amides is 3. The normalized spacial score (nSPS) is 16.3. The smallest absolute Gasteiger partial charge is 0.317 e. The zero-order valence-corrected chi connectivity index (χ0v) is 14.0. The van der Waals surface area contributed by atoms with Gasteiger partial charge in [0.15, 0.2) is 0 Å². The number of para-hydroxylation sites is 1. The Kier molecular flexibility index (Phi) is 5.84. The maximum Gasteiger partial charge on any atom is 0.317 e. The molecule has 2 N–H and O–H groups in total. The van der Waals surface area contributed by atoms with Crippen LogP contribution in [0.15, 0.2) is 18.2 Å². The van der Waals surface area contributed by atoms with Crippen molar-refractivity contribution in [1.82, 2.24) is 15.5 Å². The summed E-state index contributed by atoms with van der Waals surface area (Å²) in [5.41, 5.74) is 2.17. The van der Waals surface area contributed by atoms with E-state index >= 15 is 0 Å². The first kappa shape index (κ1) is 17.1. The number of benzene rings is 1. The molecule has 1 aliphatic rings. The second-order valence-corrected chi connectivity index (χ2v) is 5.97. The van der Waals surface area contributed by atoms with Gasteiger partial charge in [0.05, 0.1) is 6.04 Å². The monoisotopic (exact) mass is 319 g/mol. The van der Waals surface area contributed by atoms with Crippen molar-refractivity contribution in [3.63, 3.8) is 0 Å². The number of urea groups is 1. The molecule has 0 radical (unpaired) electrons. The van der Waals surface area contributed by atoms with Crippen molar-refractivity contribution in [2.45, 2.75) is 33.2 Å². The number of aryl methyl sites for hydroxylation is 2. The molecule has 1 saturated heterocycles. The van der Waals surface area contributed by atoms with E-state index in [1.807, 2.05) is 39.0 Å². The summed E-state index contributed by atoms with van der Waals surface area (Å²) in [5.74, 6) is 0.866. The van der Waals surface area contributed by atoms with Gasteiger partial charge in [0, 0.05) is 26.1 Å². The number of carbonyl (C=O) groups excluding carboxylic acids is 2. The van der Waals surface area contributed by atoms with E-state index < -0.39 is 0 Å². The number of carbonyl (C=O) groups is 2. The quantitative estimate of drug-likeness (QED) is 0.885. The zero-order valence-electron chi connectivity index (χ0n) is 14.0. The molecule has 0 spiro atoms. The summed E-state index contributed by atoms with van der Waals surface area (Å²) in [7, 11) is 0. The van der Waals surface area contributed by atoms with Crippen molar-refractivity contribution >= 4 is 11.9 Å². The first-order valence-electron chi connectivity index (χ1n) is 7.98. The van der Waals surface area contributed by atoms with E-state index in [4.69, 9.17) is 4.74 Å². The Labute approximate surface area is 137 Å². The SMILES string of the molecule is Cc1cccc(C)c1OC[C@H](C)NC(=O)N1CCNC(=O)CC1. The third kappa shape index (κ3) is 4.87. The Hall–Kier alpha value is -2.24.